The molecule has 1 aliphatic carbocycles. The molecule has 3 aromatic rings. The summed E-state index contributed by atoms with van der Waals surface area (Å²) in [5.74, 6) is 1.63. The van der Waals surface area contributed by atoms with Crippen LogP contribution < -0.4 is 15.2 Å². The summed E-state index contributed by atoms with van der Waals surface area (Å²) in [5, 5.41) is 12.8. The second kappa shape index (κ2) is 7.30. The lowest BCUT2D eigenvalue weighted by atomic mass is 9.93. The van der Waals surface area contributed by atoms with Crippen molar-refractivity contribution in [2.75, 3.05) is 24.8 Å². The van der Waals surface area contributed by atoms with Crippen LogP contribution in [0.25, 0.3) is 0 Å². The van der Waals surface area contributed by atoms with Crippen LogP contribution in [0.5, 0.6) is 11.5 Å². The van der Waals surface area contributed by atoms with E-state index < -0.39 is 11.2 Å². The fraction of sp³-hybridized carbons (Fsp3) is 0.308. The monoisotopic (exact) mass is 473 g/mol. The number of hydrogen-bond acceptors (Lipinski definition) is 6. The average molecular weight is 474 g/mol. The minimum atomic E-state index is -0.545. The first-order valence-electron chi connectivity index (χ1n) is 11.6. The second-order valence-corrected chi connectivity index (χ2v) is 10.5. The molecule has 3 atom stereocenters. The third-order valence-corrected chi connectivity index (χ3v) is 8.58. The van der Waals surface area contributed by atoms with Crippen LogP contribution in [-0.2, 0) is 5.75 Å². The van der Waals surface area contributed by atoms with Crippen molar-refractivity contribution in [3.8, 4) is 11.5 Å². The molecule has 2 aromatic carbocycles. The highest BCUT2D eigenvalue weighted by molar-refractivity contribution is 7.98. The number of pyridine rings is 1. The van der Waals surface area contributed by atoms with Crippen molar-refractivity contribution in [3.05, 3.63) is 87.3 Å². The van der Waals surface area contributed by atoms with E-state index in [0.717, 1.165) is 29.1 Å². The third kappa shape index (κ3) is 2.91. The van der Waals surface area contributed by atoms with Crippen LogP contribution in [0.2, 0.25) is 0 Å². The van der Waals surface area contributed by atoms with Gasteiger partial charge in [-0.05, 0) is 41.5 Å². The first-order valence-corrected chi connectivity index (χ1v) is 12.6. The average Bonchev–Trinajstić information content (AvgIpc) is 3.61. The lowest BCUT2D eigenvalue weighted by Crippen LogP contribution is -2.56. The summed E-state index contributed by atoms with van der Waals surface area (Å²) < 4.78 is 8.13. The number of benzene rings is 2. The Balaban J connectivity index is 1.53. The Bertz CT molecular complexity index is 1400. The van der Waals surface area contributed by atoms with E-state index in [1.54, 1.807) is 27.5 Å². The van der Waals surface area contributed by atoms with Crippen molar-refractivity contribution < 1.29 is 14.6 Å². The maximum Gasteiger partial charge on any atom is 0.277 e. The van der Waals surface area contributed by atoms with Crippen molar-refractivity contribution in [2.24, 2.45) is 11.8 Å². The molecule has 0 unspecified atom stereocenters. The first kappa shape index (κ1) is 20.0. The largest absolute Gasteiger partial charge is 0.502 e. The molecule has 1 aromatic heterocycles. The summed E-state index contributed by atoms with van der Waals surface area (Å²) >= 11 is 1.79. The molecule has 3 aliphatic heterocycles. The molecule has 1 N–H and O–H groups in total. The molecule has 1 amide bonds. The molecule has 4 heterocycles. The number of aromatic nitrogens is 1. The van der Waals surface area contributed by atoms with Crippen LogP contribution in [-0.4, -0.2) is 40.4 Å². The number of carbonyl (C=O) groups excluding carboxylic acids is 1. The van der Waals surface area contributed by atoms with Gasteiger partial charge in [0.2, 0.25) is 5.43 Å². The maximum absolute atomic E-state index is 13.5. The van der Waals surface area contributed by atoms with Gasteiger partial charge in [0.1, 0.15) is 18.5 Å². The molecule has 4 aliphatic rings. The summed E-state index contributed by atoms with van der Waals surface area (Å²) in [5.41, 5.74) is 2.87. The first-order chi connectivity index (χ1) is 16.6. The van der Waals surface area contributed by atoms with E-state index in [4.69, 9.17) is 4.74 Å². The standard InChI is InChI=1S/C26H23N3O4S/c30-19-8-9-28-24(25(19)31)26(32)27-11-16-10-17(16)12-33-20-6-3-4-15-13-34-21-7-2-1-5-18(21)23(22(15)20)29(28)14-27/h1-9,16-17,23,31H,10-14H2/t16-,17-,23-/m0/s1. The van der Waals surface area contributed by atoms with Crippen LogP contribution in [0, 0.1) is 11.8 Å². The number of thioether (sulfide) groups is 1. The molecule has 7 nitrogen and oxygen atoms in total. The quantitative estimate of drug-likeness (QED) is 0.540. The molecule has 0 radical (unpaired) electrons. The molecule has 0 saturated heterocycles. The Labute approximate surface area is 200 Å². The molecule has 1 fully saturated rings. The summed E-state index contributed by atoms with van der Waals surface area (Å²) in [6.45, 7) is 1.56. The molecule has 1 saturated carbocycles. The predicted octanol–water partition coefficient (Wildman–Crippen LogP) is 3.33. The molecular formula is C26H23N3O4S. The van der Waals surface area contributed by atoms with E-state index >= 15 is 0 Å². The van der Waals surface area contributed by atoms with Gasteiger partial charge in [-0.15, -0.1) is 11.8 Å². The molecule has 34 heavy (non-hydrogen) atoms. The maximum atomic E-state index is 13.5. The van der Waals surface area contributed by atoms with Crippen molar-refractivity contribution in [3.63, 3.8) is 0 Å². The molecule has 8 heteroatoms. The van der Waals surface area contributed by atoms with E-state index in [1.807, 2.05) is 18.2 Å². The normalized spacial score (nSPS) is 24.5. The highest BCUT2D eigenvalue weighted by Gasteiger charge is 2.45. The minimum Gasteiger partial charge on any atom is -0.502 e. The summed E-state index contributed by atoms with van der Waals surface area (Å²) in [4.78, 5) is 28.8. The van der Waals surface area contributed by atoms with Crippen LogP contribution >= 0.6 is 11.8 Å². The van der Waals surface area contributed by atoms with Crippen molar-refractivity contribution in [1.29, 1.82) is 0 Å². The number of rotatable bonds is 0. The number of nitrogens with zero attached hydrogens (tertiary/aromatic N) is 3. The summed E-state index contributed by atoms with van der Waals surface area (Å²) in [6.07, 6.45) is 2.62. The van der Waals surface area contributed by atoms with Gasteiger partial charge in [0.05, 0.1) is 6.61 Å². The number of carbonyl (C=O) groups is 1. The highest BCUT2D eigenvalue weighted by atomic mass is 32.2. The minimum absolute atomic E-state index is 0.0320. The Morgan fingerprint density at radius 1 is 1.03 bits per heavy atom. The number of fused-ring (bicyclic) bond motifs is 8. The number of aromatic hydroxyl groups is 1. The molecule has 0 spiro atoms. The second-order valence-electron chi connectivity index (χ2n) is 9.46. The van der Waals surface area contributed by atoms with Crippen LogP contribution in [0.1, 0.15) is 39.6 Å². The molecule has 172 valence electrons. The topological polar surface area (TPSA) is 75.0 Å². The number of amides is 1. The summed E-state index contributed by atoms with van der Waals surface area (Å²) in [6, 6.07) is 15.6. The lowest BCUT2D eigenvalue weighted by Gasteiger charge is -2.44. The molecule has 2 bridgehead atoms. The zero-order valence-electron chi connectivity index (χ0n) is 18.4. The Morgan fingerprint density at radius 2 is 1.91 bits per heavy atom. The van der Waals surface area contributed by atoms with Gasteiger partial charge in [-0.2, -0.15) is 0 Å². The van der Waals surface area contributed by atoms with Crippen LogP contribution in [0.3, 0.4) is 0 Å². The van der Waals surface area contributed by atoms with Crippen LogP contribution in [0.4, 0.5) is 0 Å². The Morgan fingerprint density at radius 3 is 2.82 bits per heavy atom. The smallest absolute Gasteiger partial charge is 0.277 e. The highest BCUT2D eigenvalue weighted by Crippen LogP contribution is 2.48. The predicted molar refractivity (Wildman–Crippen MR) is 128 cm³/mol. The molecular weight excluding hydrogens is 450 g/mol. The van der Waals surface area contributed by atoms with Crippen LogP contribution in [0.15, 0.2) is 64.4 Å². The third-order valence-electron chi connectivity index (χ3n) is 7.44. The zero-order chi connectivity index (χ0) is 23.0. The fourth-order valence-electron chi connectivity index (χ4n) is 5.56. The fourth-order valence-corrected chi connectivity index (χ4v) is 6.65. The van der Waals surface area contributed by atoms with E-state index in [-0.39, 0.29) is 17.6 Å². The van der Waals surface area contributed by atoms with E-state index in [1.165, 1.54) is 16.5 Å². The Kier molecular flexibility index (Phi) is 4.30. The van der Waals surface area contributed by atoms with Crippen molar-refractivity contribution >= 4 is 17.7 Å². The van der Waals surface area contributed by atoms with Crippen molar-refractivity contribution in [2.45, 2.75) is 23.1 Å². The van der Waals surface area contributed by atoms with Crippen molar-refractivity contribution in [1.82, 2.24) is 9.58 Å². The van der Waals surface area contributed by atoms with E-state index in [2.05, 4.69) is 29.3 Å². The van der Waals surface area contributed by atoms with E-state index in [0.29, 0.717) is 31.7 Å². The Hall–Kier alpha value is -3.39. The van der Waals surface area contributed by atoms with Gasteiger partial charge in [0.25, 0.3) is 5.91 Å². The summed E-state index contributed by atoms with van der Waals surface area (Å²) in [7, 11) is 0. The van der Waals surface area contributed by atoms with Gasteiger partial charge in [0.15, 0.2) is 11.4 Å². The SMILES string of the molecule is O=C1c2c(O)c(=O)ccn2N2CN1C[C@@H]1C[C@H]1COc1cccc3c1[C@@H]2c1ccccc1SC3. The van der Waals surface area contributed by atoms with Gasteiger partial charge in [0, 0.05) is 35.0 Å². The van der Waals surface area contributed by atoms with Gasteiger partial charge >= 0.3 is 0 Å². The van der Waals surface area contributed by atoms with Gasteiger partial charge in [-0.25, -0.2) is 0 Å². The van der Waals surface area contributed by atoms with E-state index in [9.17, 15) is 14.7 Å². The van der Waals surface area contributed by atoms with Gasteiger partial charge in [-0.1, -0.05) is 30.3 Å². The van der Waals surface area contributed by atoms with Gasteiger partial charge in [-0.3, -0.25) is 19.3 Å². The number of hydrogen-bond donors (Lipinski definition) is 1. The van der Waals surface area contributed by atoms with Gasteiger partial charge < -0.3 is 14.7 Å². The number of ether oxygens (including phenoxy) is 1. The molecule has 7 rings (SSSR count). The lowest BCUT2D eigenvalue weighted by molar-refractivity contribution is 0.0667. The zero-order valence-corrected chi connectivity index (χ0v) is 19.2.